The molecule has 5 heteroatoms. The number of rotatable bonds is 5. The molecule has 1 N–H and O–H groups in total. The first-order valence-electron chi connectivity index (χ1n) is 7.55. The Morgan fingerprint density at radius 2 is 2.10 bits per heavy atom. The molecule has 1 aliphatic rings. The van der Waals surface area contributed by atoms with Gasteiger partial charge in [0.15, 0.2) is 0 Å². The van der Waals surface area contributed by atoms with Crippen LogP contribution in [0.3, 0.4) is 0 Å². The quantitative estimate of drug-likeness (QED) is 0.882. The van der Waals surface area contributed by atoms with E-state index in [9.17, 15) is 13.2 Å². The molecule has 0 saturated carbocycles. The summed E-state index contributed by atoms with van der Waals surface area (Å²) in [4.78, 5) is 1.90. The van der Waals surface area contributed by atoms with Crippen molar-refractivity contribution in [3.8, 4) is 0 Å². The van der Waals surface area contributed by atoms with Crippen LogP contribution >= 0.6 is 0 Å². The van der Waals surface area contributed by atoms with E-state index in [1.54, 1.807) is 19.2 Å². The van der Waals surface area contributed by atoms with Crippen LogP contribution < -0.4 is 10.2 Å². The summed E-state index contributed by atoms with van der Waals surface area (Å²) in [5.74, 6) is 0.521. The smallest absolute Gasteiger partial charge is 0.371 e. The molecule has 2 nitrogen and oxygen atoms in total. The van der Waals surface area contributed by atoms with E-state index in [2.05, 4.69) is 12.2 Å². The molecular formula is C16H23F3N2. The van der Waals surface area contributed by atoms with Gasteiger partial charge in [-0.05, 0) is 43.5 Å². The summed E-state index contributed by atoms with van der Waals surface area (Å²) in [5.41, 5.74) is 0.492. The topological polar surface area (TPSA) is 15.3 Å². The Hall–Kier alpha value is -1.23. The summed E-state index contributed by atoms with van der Waals surface area (Å²) in [6.45, 7) is 4.03. The van der Waals surface area contributed by atoms with Crippen molar-refractivity contribution in [1.82, 2.24) is 5.32 Å². The minimum Gasteiger partial charge on any atom is -0.371 e. The molecule has 0 radical (unpaired) electrons. The Kier molecular flexibility index (Phi) is 5.14. The van der Waals surface area contributed by atoms with Gasteiger partial charge in [-0.2, -0.15) is 13.2 Å². The molecule has 2 rings (SSSR count). The van der Waals surface area contributed by atoms with Gasteiger partial charge in [0.25, 0.3) is 0 Å². The second-order valence-corrected chi connectivity index (χ2v) is 5.77. The lowest BCUT2D eigenvalue weighted by atomic mass is 10.0. The third-order valence-electron chi connectivity index (χ3n) is 4.07. The van der Waals surface area contributed by atoms with E-state index >= 15 is 0 Å². The van der Waals surface area contributed by atoms with Crippen molar-refractivity contribution in [3.05, 3.63) is 29.3 Å². The van der Waals surface area contributed by atoms with Crippen LogP contribution in [0.5, 0.6) is 0 Å². The molecule has 1 aliphatic heterocycles. The van der Waals surface area contributed by atoms with Crippen LogP contribution in [-0.4, -0.2) is 20.1 Å². The molecule has 1 aromatic rings. The third-order valence-corrected chi connectivity index (χ3v) is 4.07. The van der Waals surface area contributed by atoms with E-state index in [4.69, 9.17) is 0 Å². The Bertz CT molecular complexity index is 471. The predicted octanol–water partition coefficient (Wildman–Crippen LogP) is 4.05. The number of hydrogen-bond donors (Lipinski definition) is 1. The fourth-order valence-corrected chi connectivity index (χ4v) is 3.10. The van der Waals surface area contributed by atoms with Crippen molar-refractivity contribution in [2.45, 2.75) is 38.9 Å². The van der Waals surface area contributed by atoms with E-state index in [1.165, 1.54) is 6.07 Å². The van der Waals surface area contributed by atoms with E-state index in [1.807, 2.05) is 4.90 Å². The van der Waals surface area contributed by atoms with Crippen LogP contribution in [0.1, 0.15) is 37.3 Å². The number of hydrogen-bond acceptors (Lipinski definition) is 2. The lowest BCUT2D eigenvalue weighted by Gasteiger charge is -2.24. The lowest BCUT2D eigenvalue weighted by molar-refractivity contribution is -0.137. The molecule has 0 spiro atoms. The molecule has 1 heterocycles. The number of anilines is 1. The molecule has 1 aromatic carbocycles. The van der Waals surface area contributed by atoms with E-state index in [-0.39, 0.29) is 0 Å². The van der Waals surface area contributed by atoms with E-state index < -0.39 is 11.7 Å². The number of halogens is 3. The average molecular weight is 300 g/mol. The van der Waals surface area contributed by atoms with Gasteiger partial charge in [0.2, 0.25) is 0 Å². The molecule has 0 aromatic heterocycles. The highest BCUT2D eigenvalue weighted by Crippen LogP contribution is 2.39. The fraction of sp³-hybridized carbons (Fsp3) is 0.625. The summed E-state index contributed by atoms with van der Waals surface area (Å²) in [6.07, 6.45) is -1.13. The van der Waals surface area contributed by atoms with Gasteiger partial charge in [0, 0.05) is 25.3 Å². The second kappa shape index (κ2) is 6.69. The largest absolute Gasteiger partial charge is 0.418 e. The van der Waals surface area contributed by atoms with E-state index in [0.717, 1.165) is 32.4 Å². The number of nitrogens with one attached hydrogen (secondary N) is 1. The summed E-state index contributed by atoms with van der Waals surface area (Å²) >= 11 is 0. The van der Waals surface area contributed by atoms with Gasteiger partial charge >= 0.3 is 6.18 Å². The maximum absolute atomic E-state index is 13.3. The van der Waals surface area contributed by atoms with Crippen molar-refractivity contribution >= 4 is 5.69 Å². The second-order valence-electron chi connectivity index (χ2n) is 5.77. The van der Waals surface area contributed by atoms with Crippen LogP contribution in [0.15, 0.2) is 18.2 Å². The minimum absolute atomic E-state index is 0.334. The monoisotopic (exact) mass is 300 g/mol. The molecule has 1 unspecified atom stereocenters. The van der Waals surface area contributed by atoms with Gasteiger partial charge in [0.05, 0.1) is 5.56 Å². The highest BCUT2D eigenvalue weighted by atomic mass is 19.4. The Morgan fingerprint density at radius 3 is 2.71 bits per heavy atom. The average Bonchev–Trinajstić information content (AvgIpc) is 2.87. The normalized spacial score (nSPS) is 19.3. The van der Waals surface area contributed by atoms with Gasteiger partial charge in [0.1, 0.15) is 0 Å². The first kappa shape index (κ1) is 16.1. The van der Waals surface area contributed by atoms with Gasteiger partial charge in [-0.15, -0.1) is 0 Å². The van der Waals surface area contributed by atoms with Crippen LogP contribution in [0.2, 0.25) is 0 Å². The van der Waals surface area contributed by atoms with Gasteiger partial charge in [-0.25, -0.2) is 0 Å². The van der Waals surface area contributed by atoms with Gasteiger partial charge < -0.3 is 10.2 Å². The van der Waals surface area contributed by atoms with Crippen LogP contribution in [0, 0.1) is 5.92 Å². The molecule has 0 aliphatic carbocycles. The summed E-state index contributed by atoms with van der Waals surface area (Å²) in [7, 11) is 1.73. The third kappa shape index (κ3) is 3.90. The number of nitrogens with zero attached hydrogens (tertiary/aromatic N) is 1. The van der Waals surface area contributed by atoms with Gasteiger partial charge in [-0.1, -0.05) is 19.4 Å². The lowest BCUT2D eigenvalue weighted by Crippen LogP contribution is -2.23. The van der Waals surface area contributed by atoms with Crippen molar-refractivity contribution in [2.75, 3.05) is 25.0 Å². The molecule has 1 atom stereocenters. The zero-order valence-corrected chi connectivity index (χ0v) is 12.6. The van der Waals surface area contributed by atoms with Crippen molar-refractivity contribution < 1.29 is 13.2 Å². The number of alkyl halides is 3. The summed E-state index contributed by atoms with van der Waals surface area (Å²) in [6, 6.07) is 4.69. The Labute approximate surface area is 124 Å². The van der Waals surface area contributed by atoms with Crippen molar-refractivity contribution in [3.63, 3.8) is 0 Å². The zero-order valence-electron chi connectivity index (χ0n) is 12.6. The SMILES string of the molecule is CCCC1CCN(c2ccc(CNC)cc2C(F)(F)F)C1. The maximum Gasteiger partial charge on any atom is 0.418 e. The summed E-state index contributed by atoms with van der Waals surface area (Å²) < 4.78 is 40.0. The van der Waals surface area contributed by atoms with Crippen LogP contribution in [-0.2, 0) is 12.7 Å². The van der Waals surface area contributed by atoms with Gasteiger partial charge in [-0.3, -0.25) is 0 Å². The zero-order chi connectivity index (χ0) is 15.5. The van der Waals surface area contributed by atoms with Crippen LogP contribution in [0.25, 0.3) is 0 Å². The highest BCUT2D eigenvalue weighted by molar-refractivity contribution is 5.57. The van der Waals surface area contributed by atoms with Crippen molar-refractivity contribution in [1.29, 1.82) is 0 Å². The molecule has 21 heavy (non-hydrogen) atoms. The van der Waals surface area contributed by atoms with Crippen molar-refractivity contribution in [2.24, 2.45) is 5.92 Å². The first-order valence-corrected chi connectivity index (χ1v) is 7.55. The highest BCUT2D eigenvalue weighted by Gasteiger charge is 2.36. The predicted molar refractivity (Wildman–Crippen MR) is 79.4 cm³/mol. The fourth-order valence-electron chi connectivity index (χ4n) is 3.10. The van der Waals surface area contributed by atoms with Crippen LogP contribution in [0.4, 0.5) is 18.9 Å². The molecule has 0 bridgehead atoms. The van der Waals surface area contributed by atoms with E-state index in [0.29, 0.717) is 23.7 Å². The molecule has 0 amide bonds. The minimum atomic E-state index is -4.30. The first-order chi connectivity index (χ1) is 9.95. The molecule has 118 valence electrons. The molecular weight excluding hydrogens is 277 g/mol. The molecule has 1 fully saturated rings. The number of benzene rings is 1. The summed E-state index contributed by atoms with van der Waals surface area (Å²) in [5, 5.41) is 2.89. The maximum atomic E-state index is 13.3. The Balaban J connectivity index is 2.26. The standard InChI is InChI=1S/C16H23F3N2/c1-3-4-12-7-8-21(11-12)15-6-5-13(10-20-2)9-14(15)16(17,18)19/h5-6,9,12,20H,3-4,7-8,10-11H2,1-2H3. The molecule has 1 saturated heterocycles. The Morgan fingerprint density at radius 1 is 1.33 bits per heavy atom.